The van der Waals surface area contributed by atoms with Crippen LogP contribution in [-0.4, -0.2) is 16.7 Å². The molecule has 2 amide bonds. The maximum Gasteiger partial charge on any atom is 0.226 e. The number of benzene rings is 2. The summed E-state index contributed by atoms with van der Waals surface area (Å²) in [6.45, 7) is 1.48. The van der Waals surface area contributed by atoms with Crippen molar-refractivity contribution in [3.63, 3.8) is 0 Å². The number of fused-ring (bicyclic) bond motifs is 1. The molecule has 0 unspecified atom stereocenters. The van der Waals surface area contributed by atoms with Crippen molar-refractivity contribution in [3.8, 4) is 0 Å². The fraction of sp³-hybridized carbons (Fsp3) is 0.158. The topological polar surface area (TPSA) is 49.4 Å². The van der Waals surface area contributed by atoms with Crippen molar-refractivity contribution in [2.45, 2.75) is 19.4 Å². The van der Waals surface area contributed by atoms with Gasteiger partial charge in [0.15, 0.2) is 0 Å². The van der Waals surface area contributed by atoms with E-state index in [1.807, 2.05) is 30.3 Å². The fourth-order valence-electron chi connectivity index (χ4n) is 2.83. The summed E-state index contributed by atoms with van der Waals surface area (Å²) in [6.07, 6.45) is 3.70. The van der Waals surface area contributed by atoms with Crippen LogP contribution in [0.25, 0.3) is 6.08 Å². The molecular weight excluding hydrogens is 307 g/mol. The summed E-state index contributed by atoms with van der Waals surface area (Å²) < 4.78 is 12.9. The lowest BCUT2D eigenvalue weighted by molar-refractivity contribution is -0.129. The highest BCUT2D eigenvalue weighted by Crippen LogP contribution is 2.33. The Balaban J connectivity index is 1.80. The van der Waals surface area contributed by atoms with Crippen LogP contribution in [0.5, 0.6) is 0 Å². The maximum atomic E-state index is 12.9. The molecule has 0 fully saturated rings. The van der Waals surface area contributed by atoms with Gasteiger partial charge in [0, 0.05) is 18.8 Å². The molecule has 0 aromatic heterocycles. The molecule has 1 aliphatic rings. The standard InChI is InChI=1S/C19H17FN2O2/c1-13(23)22-11-10-14-4-2-3-5-17(14)18(22)12-19(24)21-16-8-6-15(20)7-9-16/h2-11,18H,12H2,1H3,(H,21,24)/t18-/m1/s1. The van der Waals surface area contributed by atoms with E-state index in [0.717, 1.165) is 11.1 Å². The Bertz CT molecular complexity index is 799. The molecule has 0 saturated carbocycles. The number of carbonyl (C=O) groups is 2. The largest absolute Gasteiger partial charge is 0.326 e. The van der Waals surface area contributed by atoms with Gasteiger partial charge in [0.25, 0.3) is 0 Å². The van der Waals surface area contributed by atoms with Gasteiger partial charge in [-0.25, -0.2) is 4.39 Å². The highest BCUT2D eigenvalue weighted by Gasteiger charge is 2.28. The molecule has 1 heterocycles. The molecule has 1 atom stereocenters. The van der Waals surface area contributed by atoms with E-state index in [1.165, 1.54) is 31.2 Å². The van der Waals surface area contributed by atoms with Crippen molar-refractivity contribution in [2.75, 3.05) is 5.32 Å². The summed E-state index contributed by atoms with van der Waals surface area (Å²) in [7, 11) is 0. The molecule has 122 valence electrons. The van der Waals surface area contributed by atoms with Gasteiger partial charge in [-0.1, -0.05) is 24.3 Å². The molecule has 5 heteroatoms. The Kier molecular flexibility index (Phi) is 4.42. The molecule has 24 heavy (non-hydrogen) atoms. The highest BCUT2D eigenvalue weighted by molar-refractivity contribution is 5.92. The van der Waals surface area contributed by atoms with Crippen molar-refractivity contribution in [3.05, 3.63) is 71.7 Å². The summed E-state index contributed by atoms with van der Waals surface area (Å²) in [5, 5.41) is 2.74. The first-order valence-corrected chi connectivity index (χ1v) is 7.66. The molecular formula is C19H17FN2O2. The van der Waals surface area contributed by atoms with E-state index in [-0.39, 0.29) is 30.1 Å². The van der Waals surface area contributed by atoms with E-state index in [9.17, 15) is 14.0 Å². The molecule has 0 radical (unpaired) electrons. The smallest absolute Gasteiger partial charge is 0.226 e. The number of hydrogen-bond acceptors (Lipinski definition) is 2. The predicted molar refractivity (Wildman–Crippen MR) is 90.4 cm³/mol. The van der Waals surface area contributed by atoms with Crippen LogP contribution in [0.1, 0.15) is 30.5 Å². The van der Waals surface area contributed by atoms with Gasteiger partial charge in [0.05, 0.1) is 12.5 Å². The van der Waals surface area contributed by atoms with E-state index in [2.05, 4.69) is 5.32 Å². The van der Waals surface area contributed by atoms with Crippen LogP contribution in [0.3, 0.4) is 0 Å². The van der Waals surface area contributed by atoms with E-state index in [0.29, 0.717) is 5.69 Å². The van der Waals surface area contributed by atoms with E-state index in [1.54, 1.807) is 11.1 Å². The molecule has 1 N–H and O–H groups in total. The molecule has 0 aliphatic carbocycles. The van der Waals surface area contributed by atoms with Crippen molar-refractivity contribution >= 4 is 23.6 Å². The molecule has 3 rings (SSSR count). The third kappa shape index (κ3) is 3.35. The normalized spacial score (nSPS) is 15.8. The number of anilines is 1. The van der Waals surface area contributed by atoms with Gasteiger partial charge in [-0.3, -0.25) is 9.59 Å². The molecule has 0 saturated heterocycles. The second-order valence-corrected chi connectivity index (χ2v) is 5.65. The van der Waals surface area contributed by atoms with Gasteiger partial charge < -0.3 is 10.2 Å². The average molecular weight is 324 g/mol. The number of carbonyl (C=O) groups excluding carboxylic acids is 2. The third-order valence-electron chi connectivity index (χ3n) is 3.98. The Morgan fingerprint density at radius 3 is 2.54 bits per heavy atom. The van der Waals surface area contributed by atoms with Crippen LogP contribution in [0, 0.1) is 5.82 Å². The highest BCUT2D eigenvalue weighted by atomic mass is 19.1. The summed E-state index contributed by atoms with van der Waals surface area (Å²) in [5.41, 5.74) is 2.45. The first-order valence-electron chi connectivity index (χ1n) is 7.66. The number of hydrogen-bond donors (Lipinski definition) is 1. The van der Waals surface area contributed by atoms with Gasteiger partial charge in [0.2, 0.25) is 11.8 Å². The Hall–Kier alpha value is -2.95. The van der Waals surface area contributed by atoms with Crippen LogP contribution < -0.4 is 5.32 Å². The Morgan fingerprint density at radius 2 is 1.83 bits per heavy atom. The van der Waals surface area contributed by atoms with Crippen molar-refractivity contribution in [1.29, 1.82) is 0 Å². The first kappa shape index (κ1) is 15.9. The van der Waals surface area contributed by atoms with E-state index < -0.39 is 0 Å². The Labute approximate surface area is 139 Å². The molecule has 0 bridgehead atoms. The van der Waals surface area contributed by atoms with E-state index in [4.69, 9.17) is 0 Å². The number of nitrogens with one attached hydrogen (secondary N) is 1. The van der Waals surface area contributed by atoms with Gasteiger partial charge in [0.1, 0.15) is 5.82 Å². The second-order valence-electron chi connectivity index (χ2n) is 5.65. The quantitative estimate of drug-likeness (QED) is 0.935. The first-order chi connectivity index (χ1) is 11.5. The summed E-state index contributed by atoms with van der Waals surface area (Å²) in [5.74, 6) is -0.717. The van der Waals surface area contributed by atoms with Gasteiger partial charge in [-0.05, 0) is 41.5 Å². The zero-order chi connectivity index (χ0) is 17.1. The maximum absolute atomic E-state index is 12.9. The summed E-state index contributed by atoms with van der Waals surface area (Å²) >= 11 is 0. The lowest BCUT2D eigenvalue weighted by Crippen LogP contribution is -2.33. The molecule has 4 nitrogen and oxygen atoms in total. The SMILES string of the molecule is CC(=O)N1C=Cc2ccccc2[C@H]1CC(=O)Nc1ccc(F)cc1. The molecule has 2 aromatic rings. The van der Waals surface area contributed by atoms with Crippen LogP contribution in [-0.2, 0) is 9.59 Å². The van der Waals surface area contributed by atoms with Crippen molar-refractivity contribution in [1.82, 2.24) is 4.90 Å². The van der Waals surface area contributed by atoms with Crippen LogP contribution >= 0.6 is 0 Å². The summed E-state index contributed by atoms with van der Waals surface area (Å²) in [4.78, 5) is 25.8. The molecule has 2 aromatic carbocycles. The van der Waals surface area contributed by atoms with Crippen molar-refractivity contribution < 1.29 is 14.0 Å². The average Bonchev–Trinajstić information content (AvgIpc) is 2.57. The minimum absolute atomic E-state index is 0.123. The number of rotatable bonds is 3. The second kappa shape index (κ2) is 6.66. The van der Waals surface area contributed by atoms with Crippen LogP contribution in [0.4, 0.5) is 10.1 Å². The monoisotopic (exact) mass is 324 g/mol. The zero-order valence-corrected chi connectivity index (χ0v) is 13.2. The zero-order valence-electron chi connectivity index (χ0n) is 13.2. The van der Waals surface area contributed by atoms with Gasteiger partial charge in [-0.15, -0.1) is 0 Å². The third-order valence-corrected chi connectivity index (χ3v) is 3.98. The molecule has 1 aliphatic heterocycles. The number of amides is 2. The van der Waals surface area contributed by atoms with Crippen molar-refractivity contribution in [2.24, 2.45) is 0 Å². The van der Waals surface area contributed by atoms with Gasteiger partial charge in [-0.2, -0.15) is 0 Å². The minimum Gasteiger partial charge on any atom is -0.326 e. The lowest BCUT2D eigenvalue weighted by Gasteiger charge is -2.32. The lowest BCUT2D eigenvalue weighted by atomic mass is 9.93. The fourth-order valence-corrected chi connectivity index (χ4v) is 2.83. The number of halogens is 1. The van der Waals surface area contributed by atoms with Gasteiger partial charge >= 0.3 is 0 Å². The van der Waals surface area contributed by atoms with Crippen LogP contribution in [0.2, 0.25) is 0 Å². The Morgan fingerprint density at radius 1 is 1.12 bits per heavy atom. The van der Waals surface area contributed by atoms with Crippen LogP contribution in [0.15, 0.2) is 54.7 Å². The minimum atomic E-state index is -0.359. The number of nitrogens with zero attached hydrogens (tertiary/aromatic N) is 1. The summed E-state index contributed by atoms with van der Waals surface area (Å²) in [6, 6.07) is 12.9. The predicted octanol–water partition coefficient (Wildman–Crippen LogP) is 3.73. The van der Waals surface area contributed by atoms with E-state index >= 15 is 0 Å². The molecule has 0 spiro atoms.